The summed E-state index contributed by atoms with van der Waals surface area (Å²) in [6.07, 6.45) is 0.520. The Morgan fingerprint density at radius 2 is 1.97 bits per heavy atom. The zero-order valence-electron chi connectivity index (χ0n) is 18.0. The Labute approximate surface area is 185 Å². The molecule has 0 aromatic heterocycles. The van der Waals surface area contributed by atoms with Gasteiger partial charge in [-0.1, -0.05) is 32.0 Å². The van der Waals surface area contributed by atoms with Crippen LogP contribution in [0.2, 0.25) is 0 Å². The quantitative estimate of drug-likeness (QED) is 0.679. The summed E-state index contributed by atoms with van der Waals surface area (Å²) in [5, 5.41) is 5.17. The fourth-order valence-corrected chi connectivity index (χ4v) is 4.09. The molecule has 2 heterocycles. The molecule has 2 aromatic rings. The molecule has 4 amide bonds. The maximum Gasteiger partial charge on any atom is 0.262 e. The lowest BCUT2D eigenvalue weighted by atomic mass is 10.0. The molecule has 32 heavy (non-hydrogen) atoms. The molecule has 2 aliphatic heterocycles. The van der Waals surface area contributed by atoms with E-state index in [1.807, 2.05) is 24.3 Å². The number of amides is 4. The van der Waals surface area contributed by atoms with E-state index >= 15 is 0 Å². The van der Waals surface area contributed by atoms with Crippen LogP contribution in [-0.4, -0.2) is 41.2 Å². The van der Waals surface area contributed by atoms with Crippen LogP contribution in [0.3, 0.4) is 0 Å². The third-order valence-electron chi connectivity index (χ3n) is 5.72. The number of rotatable bonds is 6. The number of anilines is 1. The number of nitrogens with one attached hydrogen (secondary N) is 2. The lowest BCUT2D eigenvalue weighted by molar-refractivity contribution is -0.137. The van der Waals surface area contributed by atoms with E-state index in [9.17, 15) is 19.2 Å². The lowest BCUT2D eigenvalue weighted by Crippen LogP contribution is -2.52. The molecular weight excluding hydrogens is 410 g/mol. The predicted octanol–water partition coefficient (Wildman–Crippen LogP) is 2.59. The van der Waals surface area contributed by atoms with E-state index in [2.05, 4.69) is 24.5 Å². The van der Waals surface area contributed by atoms with Gasteiger partial charge in [0.15, 0.2) is 6.61 Å². The van der Waals surface area contributed by atoms with E-state index in [0.717, 1.165) is 16.8 Å². The number of imide groups is 1. The number of ether oxygens (including phenoxy) is 1. The number of carbonyl (C=O) groups is 4. The molecule has 0 aliphatic carbocycles. The number of carbonyl (C=O) groups excluding carboxylic acids is 4. The molecule has 8 heteroatoms. The third-order valence-corrected chi connectivity index (χ3v) is 5.72. The summed E-state index contributed by atoms with van der Waals surface area (Å²) in [5.74, 6) is -0.551. The van der Waals surface area contributed by atoms with E-state index in [1.165, 1.54) is 4.90 Å². The van der Waals surface area contributed by atoms with Gasteiger partial charge >= 0.3 is 0 Å². The second-order valence-corrected chi connectivity index (χ2v) is 8.30. The SMILES string of the molecule is CC(C)c1ccccc1NC(=O)COc1ccc2c(c1)CN(C1CCC(=O)NC1=O)C2=O. The van der Waals surface area contributed by atoms with Gasteiger partial charge < -0.3 is 15.0 Å². The van der Waals surface area contributed by atoms with E-state index in [4.69, 9.17) is 4.74 Å². The molecule has 0 bridgehead atoms. The van der Waals surface area contributed by atoms with Gasteiger partial charge in [-0.3, -0.25) is 24.5 Å². The molecular formula is C24H25N3O5. The number of hydrogen-bond acceptors (Lipinski definition) is 5. The molecule has 1 fully saturated rings. The Morgan fingerprint density at radius 3 is 2.72 bits per heavy atom. The molecule has 2 aliphatic rings. The predicted molar refractivity (Wildman–Crippen MR) is 117 cm³/mol. The maximum atomic E-state index is 12.7. The van der Waals surface area contributed by atoms with Crippen molar-refractivity contribution in [1.82, 2.24) is 10.2 Å². The van der Waals surface area contributed by atoms with Crippen LogP contribution in [0.4, 0.5) is 5.69 Å². The van der Waals surface area contributed by atoms with E-state index in [1.54, 1.807) is 18.2 Å². The summed E-state index contributed by atoms with van der Waals surface area (Å²) in [4.78, 5) is 50.2. The molecule has 0 saturated carbocycles. The van der Waals surface area contributed by atoms with Crippen LogP contribution in [-0.2, 0) is 20.9 Å². The third kappa shape index (κ3) is 4.34. The summed E-state index contributed by atoms with van der Waals surface area (Å²) >= 11 is 0. The minimum Gasteiger partial charge on any atom is -0.484 e. The van der Waals surface area contributed by atoms with Gasteiger partial charge in [0.05, 0.1) is 0 Å². The molecule has 0 spiro atoms. The molecule has 8 nitrogen and oxygen atoms in total. The first kappa shape index (κ1) is 21.5. The highest BCUT2D eigenvalue weighted by Gasteiger charge is 2.39. The zero-order valence-corrected chi connectivity index (χ0v) is 18.0. The normalized spacial score (nSPS) is 17.9. The van der Waals surface area contributed by atoms with Gasteiger partial charge in [-0.25, -0.2) is 0 Å². The van der Waals surface area contributed by atoms with Crippen LogP contribution in [0.5, 0.6) is 5.75 Å². The fraction of sp³-hybridized carbons (Fsp3) is 0.333. The summed E-state index contributed by atoms with van der Waals surface area (Å²) in [6, 6.07) is 12.0. The van der Waals surface area contributed by atoms with Gasteiger partial charge in [-0.15, -0.1) is 0 Å². The van der Waals surface area contributed by atoms with Crippen LogP contribution >= 0.6 is 0 Å². The van der Waals surface area contributed by atoms with Crippen molar-refractivity contribution in [1.29, 1.82) is 0 Å². The molecule has 0 radical (unpaired) electrons. The molecule has 1 atom stereocenters. The summed E-state index contributed by atoms with van der Waals surface area (Å²) < 4.78 is 5.65. The first-order chi connectivity index (χ1) is 15.3. The maximum absolute atomic E-state index is 12.7. The second-order valence-electron chi connectivity index (χ2n) is 8.30. The van der Waals surface area contributed by atoms with Gasteiger partial charge in [0.2, 0.25) is 11.8 Å². The average Bonchev–Trinajstić information content (AvgIpc) is 3.08. The van der Waals surface area contributed by atoms with Gasteiger partial charge in [0.1, 0.15) is 11.8 Å². The van der Waals surface area contributed by atoms with Crippen molar-refractivity contribution in [3.63, 3.8) is 0 Å². The van der Waals surface area contributed by atoms with Gasteiger partial charge in [0.25, 0.3) is 11.8 Å². The number of nitrogens with zero attached hydrogens (tertiary/aromatic N) is 1. The highest BCUT2D eigenvalue weighted by Crippen LogP contribution is 2.30. The molecule has 166 valence electrons. The molecule has 2 aromatic carbocycles. The Balaban J connectivity index is 1.39. The van der Waals surface area contributed by atoms with Gasteiger partial charge in [0, 0.05) is 24.2 Å². The average molecular weight is 435 g/mol. The highest BCUT2D eigenvalue weighted by molar-refractivity contribution is 6.05. The Bertz CT molecular complexity index is 1090. The molecule has 1 unspecified atom stereocenters. The van der Waals surface area contributed by atoms with E-state index in [-0.39, 0.29) is 43.2 Å². The zero-order chi connectivity index (χ0) is 22.8. The number of para-hydroxylation sites is 1. The fourth-order valence-electron chi connectivity index (χ4n) is 4.09. The van der Waals surface area contributed by atoms with Crippen molar-refractivity contribution >= 4 is 29.3 Å². The lowest BCUT2D eigenvalue weighted by Gasteiger charge is -2.29. The van der Waals surface area contributed by atoms with Crippen LogP contribution in [0.25, 0.3) is 0 Å². The molecule has 4 rings (SSSR count). The molecule has 1 saturated heterocycles. The van der Waals surface area contributed by atoms with Gasteiger partial charge in [-0.2, -0.15) is 0 Å². The summed E-state index contributed by atoms with van der Waals surface area (Å²) in [5.41, 5.74) is 3.03. The Morgan fingerprint density at radius 1 is 1.19 bits per heavy atom. The number of hydrogen-bond donors (Lipinski definition) is 2. The monoisotopic (exact) mass is 435 g/mol. The topological polar surface area (TPSA) is 105 Å². The minimum absolute atomic E-state index is 0.171. The first-order valence-electron chi connectivity index (χ1n) is 10.6. The Kier molecular flexibility index (Phi) is 5.94. The van der Waals surface area contributed by atoms with Crippen LogP contribution < -0.4 is 15.4 Å². The van der Waals surface area contributed by atoms with E-state index in [0.29, 0.717) is 17.7 Å². The largest absolute Gasteiger partial charge is 0.484 e. The van der Waals surface area contributed by atoms with Crippen molar-refractivity contribution in [2.24, 2.45) is 0 Å². The highest BCUT2D eigenvalue weighted by atomic mass is 16.5. The smallest absolute Gasteiger partial charge is 0.262 e. The number of benzene rings is 2. The van der Waals surface area contributed by atoms with Crippen molar-refractivity contribution in [2.45, 2.75) is 45.2 Å². The van der Waals surface area contributed by atoms with Crippen LogP contribution in [0.1, 0.15) is 54.1 Å². The number of fused-ring (bicyclic) bond motifs is 1. The van der Waals surface area contributed by atoms with Crippen LogP contribution in [0.15, 0.2) is 42.5 Å². The van der Waals surface area contributed by atoms with E-state index < -0.39 is 11.9 Å². The van der Waals surface area contributed by atoms with Crippen molar-refractivity contribution in [2.75, 3.05) is 11.9 Å². The van der Waals surface area contributed by atoms with Crippen LogP contribution in [0, 0.1) is 0 Å². The minimum atomic E-state index is -0.663. The first-order valence-corrected chi connectivity index (χ1v) is 10.6. The molecule has 2 N–H and O–H groups in total. The van der Waals surface area contributed by atoms with Crippen molar-refractivity contribution < 1.29 is 23.9 Å². The van der Waals surface area contributed by atoms with Gasteiger partial charge in [-0.05, 0) is 47.7 Å². The number of piperidine rings is 1. The summed E-state index contributed by atoms with van der Waals surface area (Å²) in [7, 11) is 0. The summed E-state index contributed by atoms with van der Waals surface area (Å²) in [6.45, 7) is 4.21. The second kappa shape index (κ2) is 8.82. The van der Waals surface area contributed by atoms with Crippen molar-refractivity contribution in [3.05, 3.63) is 59.2 Å². The van der Waals surface area contributed by atoms with Crippen molar-refractivity contribution in [3.8, 4) is 5.75 Å². The standard InChI is InChI=1S/C24H25N3O5/c1-14(2)17-5-3-4-6-19(17)25-22(29)13-32-16-7-8-18-15(11-16)12-27(24(18)31)20-9-10-21(28)26-23(20)30/h3-8,11,14,20H,9-10,12-13H2,1-2H3,(H,25,29)(H,26,28,30). The Hall–Kier alpha value is -3.68.